The first-order chi connectivity index (χ1) is 15.6. The maximum atomic E-state index is 11.9. The van der Waals surface area contributed by atoms with Gasteiger partial charge in [-0.3, -0.25) is 4.18 Å². The van der Waals surface area contributed by atoms with Gasteiger partial charge in [0.15, 0.2) is 11.5 Å². The Morgan fingerprint density at radius 3 is 2.55 bits per heavy atom. The number of fused-ring (bicyclic) bond motifs is 2. The van der Waals surface area contributed by atoms with Crippen molar-refractivity contribution in [2.75, 3.05) is 26.6 Å². The molecule has 0 saturated carbocycles. The molecule has 0 aromatic heterocycles. The quantitative estimate of drug-likeness (QED) is 0.368. The Labute approximate surface area is 197 Å². The minimum absolute atomic E-state index is 0.107. The summed E-state index contributed by atoms with van der Waals surface area (Å²) in [6.45, 7) is 6.07. The molecular weight excluding hydrogens is 454 g/mol. The van der Waals surface area contributed by atoms with Crippen molar-refractivity contribution in [3.05, 3.63) is 66.2 Å². The van der Waals surface area contributed by atoms with Crippen molar-refractivity contribution >= 4 is 23.4 Å². The van der Waals surface area contributed by atoms with Crippen LogP contribution in [0, 0.1) is 0 Å². The Morgan fingerprint density at radius 1 is 1.09 bits per heavy atom. The van der Waals surface area contributed by atoms with Gasteiger partial charge in [0.05, 0.1) is 20.4 Å². The zero-order chi connectivity index (χ0) is 23.4. The van der Waals surface area contributed by atoms with Crippen LogP contribution in [0.1, 0.15) is 12.0 Å². The Balaban J connectivity index is 1.66. The van der Waals surface area contributed by atoms with Gasteiger partial charge >= 0.3 is 0 Å². The van der Waals surface area contributed by atoms with Crippen LogP contribution >= 0.6 is 0 Å². The van der Waals surface area contributed by atoms with Crippen LogP contribution in [0.2, 0.25) is 18.6 Å². The summed E-state index contributed by atoms with van der Waals surface area (Å²) in [5, 5.41) is 1.42. The molecule has 2 aliphatic heterocycles. The molecule has 0 radical (unpaired) electrons. The van der Waals surface area contributed by atoms with Crippen LogP contribution in [0.3, 0.4) is 0 Å². The highest BCUT2D eigenvalue weighted by Crippen LogP contribution is 2.56. The molecule has 1 aliphatic carbocycles. The SMILES string of the molecule is CN1C[C@@H]([Si](C)(C)c2ccccc2)[C@]2(c3ccc4c(c3)OCO4)C=C[C@H](OS(C)(=O)=O)C[C@H]12. The van der Waals surface area contributed by atoms with Crippen LogP contribution in [-0.4, -0.2) is 60.2 Å². The highest BCUT2D eigenvalue weighted by molar-refractivity contribution is 7.86. The second-order valence-corrected chi connectivity index (χ2v) is 16.3. The normalized spacial score (nSPS) is 29.3. The maximum absolute atomic E-state index is 11.9. The van der Waals surface area contributed by atoms with E-state index in [1.54, 1.807) is 0 Å². The molecule has 176 valence electrons. The molecule has 2 heterocycles. The minimum atomic E-state index is -3.54. The molecule has 2 aromatic carbocycles. The Bertz CT molecular complexity index is 1180. The third-order valence-corrected chi connectivity index (χ3v) is 12.6. The van der Waals surface area contributed by atoms with E-state index in [2.05, 4.69) is 73.6 Å². The standard InChI is InChI=1S/C25H31NO5SSi/c1-26-16-24(33(3,4)20-8-6-5-7-9-20)25(18-10-11-21-22(14-18)30-17-29-21)13-12-19(15-23(25)26)31-32(2,27)28/h5-14,19,23-24H,15-17H2,1-4H3/t19-,23-,24+,25-/m0/s1. The number of likely N-dealkylation sites (tertiary alicyclic amines) is 1. The molecule has 0 spiro atoms. The van der Waals surface area contributed by atoms with Gasteiger partial charge in [-0.2, -0.15) is 8.42 Å². The highest BCUT2D eigenvalue weighted by Gasteiger charge is 2.59. The fraction of sp³-hybridized carbons (Fsp3) is 0.440. The van der Waals surface area contributed by atoms with Crippen LogP contribution in [0.15, 0.2) is 60.7 Å². The molecule has 33 heavy (non-hydrogen) atoms. The molecule has 1 saturated heterocycles. The van der Waals surface area contributed by atoms with Gasteiger partial charge in [0.2, 0.25) is 6.79 Å². The van der Waals surface area contributed by atoms with Gasteiger partial charge < -0.3 is 14.4 Å². The second-order valence-electron chi connectivity index (χ2n) is 10.0. The monoisotopic (exact) mass is 485 g/mol. The molecule has 1 fully saturated rings. The van der Waals surface area contributed by atoms with Gasteiger partial charge in [-0.25, -0.2) is 0 Å². The summed E-state index contributed by atoms with van der Waals surface area (Å²) in [5.74, 6) is 1.54. The van der Waals surface area contributed by atoms with Crippen molar-refractivity contribution in [3.8, 4) is 11.5 Å². The third-order valence-electron chi connectivity index (χ3n) is 7.73. The number of hydrogen-bond donors (Lipinski definition) is 0. The lowest BCUT2D eigenvalue weighted by atomic mass is 9.69. The summed E-state index contributed by atoms with van der Waals surface area (Å²) < 4.78 is 40.5. The second kappa shape index (κ2) is 7.97. The summed E-state index contributed by atoms with van der Waals surface area (Å²) in [4.78, 5) is 2.40. The van der Waals surface area contributed by atoms with E-state index in [1.807, 2.05) is 12.1 Å². The number of benzene rings is 2. The number of ether oxygens (including phenoxy) is 2. The summed E-state index contributed by atoms with van der Waals surface area (Å²) in [6, 6.07) is 17.2. The topological polar surface area (TPSA) is 65.1 Å². The number of hydrogen-bond acceptors (Lipinski definition) is 6. The van der Waals surface area contributed by atoms with E-state index >= 15 is 0 Å². The smallest absolute Gasteiger partial charge is 0.264 e. The lowest BCUT2D eigenvalue weighted by Crippen LogP contribution is -2.55. The average Bonchev–Trinajstić information content (AvgIpc) is 3.36. The first-order valence-corrected chi connectivity index (χ1v) is 16.2. The van der Waals surface area contributed by atoms with E-state index in [0.29, 0.717) is 12.0 Å². The minimum Gasteiger partial charge on any atom is -0.454 e. The van der Waals surface area contributed by atoms with Crippen LogP contribution in [0.25, 0.3) is 0 Å². The molecule has 8 heteroatoms. The molecular formula is C25H31NO5SSi. The summed E-state index contributed by atoms with van der Waals surface area (Å²) in [6.07, 6.45) is 5.47. The van der Waals surface area contributed by atoms with Crippen molar-refractivity contribution in [1.29, 1.82) is 0 Å². The molecule has 0 amide bonds. The van der Waals surface area contributed by atoms with Crippen molar-refractivity contribution in [2.24, 2.45) is 0 Å². The zero-order valence-corrected chi connectivity index (χ0v) is 21.3. The zero-order valence-electron chi connectivity index (χ0n) is 19.5. The van der Waals surface area contributed by atoms with Gasteiger partial charge in [0, 0.05) is 18.0 Å². The maximum Gasteiger partial charge on any atom is 0.264 e. The van der Waals surface area contributed by atoms with Gasteiger partial charge in [-0.15, -0.1) is 0 Å². The largest absolute Gasteiger partial charge is 0.454 e. The van der Waals surface area contributed by atoms with E-state index in [4.69, 9.17) is 13.7 Å². The van der Waals surface area contributed by atoms with Gasteiger partial charge in [-0.1, -0.05) is 66.8 Å². The Kier molecular flexibility index (Phi) is 5.47. The van der Waals surface area contributed by atoms with Crippen LogP contribution in [-0.2, 0) is 19.7 Å². The Morgan fingerprint density at radius 2 is 1.82 bits per heavy atom. The highest BCUT2D eigenvalue weighted by atomic mass is 32.2. The molecule has 3 aliphatic rings. The van der Waals surface area contributed by atoms with Crippen molar-refractivity contribution in [3.63, 3.8) is 0 Å². The van der Waals surface area contributed by atoms with Crippen LogP contribution in [0.5, 0.6) is 11.5 Å². The molecule has 2 aromatic rings. The van der Waals surface area contributed by atoms with E-state index in [-0.39, 0.29) is 18.2 Å². The van der Waals surface area contributed by atoms with Crippen LogP contribution < -0.4 is 14.7 Å². The summed E-state index contributed by atoms with van der Waals surface area (Å²) in [7, 11) is -3.36. The van der Waals surface area contributed by atoms with Crippen molar-refractivity contribution in [1.82, 2.24) is 4.90 Å². The molecule has 6 nitrogen and oxygen atoms in total. The molecule has 5 rings (SSSR count). The number of rotatable bonds is 5. The lowest BCUT2D eigenvalue weighted by Gasteiger charge is -2.47. The van der Waals surface area contributed by atoms with E-state index in [9.17, 15) is 8.42 Å². The number of nitrogens with zero attached hydrogens (tertiary/aromatic N) is 1. The van der Waals surface area contributed by atoms with Gasteiger partial charge in [0.1, 0.15) is 0 Å². The molecule has 0 unspecified atom stereocenters. The summed E-state index contributed by atoms with van der Waals surface area (Å²) in [5.41, 5.74) is 1.29. The van der Waals surface area contributed by atoms with E-state index < -0.39 is 24.3 Å². The van der Waals surface area contributed by atoms with E-state index in [1.165, 1.54) is 10.8 Å². The first kappa shape index (κ1) is 22.6. The van der Waals surface area contributed by atoms with Crippen LogP contribution in [0.4, 0.5) is 0 Å². The van der Waals surface area contributed by atoms with E-state index in [0.717, 1.165) is 24.3 Å². The Hall–Kier alpha value is -2.13. The molecule has 4 atom stereocenters. The predicted octanol–water partition coefficient (Wildman–Crippen LogP) is 3.26. The van der Waals surface area contributed by atoms with Gasteiger partial charge in [0.25, 0.3) is 10.1 Å². The average molecular weight is 486 g/mol. The first-order valence-electron chi connectivity index (χ1n) is 11.3. The number of likely N-dealkylation sites (N-methyl/N-ethyl adjacent to an activating group) is 1. The molecule has 0 N–H and O–H groups in total. The van der Waals surface area contributed by atoms with Gasteiger partial charge in [-0.05, 0) is 36.7 Å². The third kappa shape index (κ3) is 3.83. The summed E-state index contributed by atoms with van der Waals surface area (Å²) >= 11 is 0. The molecule has 0 bridgehead atoms. The van der Waals surface area contributed by atoms with Crippen molar-refractivity contribution in [2.45, 2.75) is 42.6 Å². The van der Waals surface area contributed by atoms with Crippen molar-refractivity contribution < 1.29 is 22.1 Å². The predicted molar refractivity (Wildman–Crippen MR) is 131 cm³/mol. The fourth-order valence-electron chi connectivity index (χ4n) is 6.18. The lowest BCUT2D eigenvalue weighted by molar-refractivity contribution is 0.159. The fourth-order valence-corrected chi connectivity index (χ4v) is 10.6.